The molecule has 1 heterocycles. The number of nitrogens with one attached hydrogen (secondary N) is 2. The van der Waals surface area contributed by atoms with Crippen molar-refractivity contribution in [1.29, 1.82) is 0 Å². The molecule has 1 aromatic carbocycles. The van der Waals surface area contributed by atoms with E-state index in [0.29, 0.717) is 10.7 Å². The molecule has 0 radical (unpaired) electrons. The Morgan fingerprint density at radius 1 is 1.17 bits per heavy atom. The molecule has 0 amide bonds. The van der Waals surface area contributed by atoms with Crippen LogP contribution in [-0.2, 0) is 10.0 Å². The number of unbranched alkanes of at least 4 members (excludes halogenated alkanes) is 2. The Bertz CT molecular complexity index is 733. The first-order chi connectivity index (χ1) is 11.0. The second kappa shape index (κ2) is 8.17. The lowest BCUT2D eigenvalue weighted by Crippen LogP contribution is -2.13. The molecule has 0 aliphatic carbocycles. The van der Waals surface area contributed by atoms with Crippen LogP contribution in [0.5, 0.6) is 0 Å². The van der Waals surface area contributed by atoms with Crippen LogP contribution in [0.15, 0.2) is 47.5 Å². The maximum Gasteiger partial charge on any atom is 0.261 e. The molecule has 0 bridgehead atoms. The maximum atomic E-state index is 12.3. The van der Waals surface area contributed by atoms with Crippen molar-refractivity contribution in [3.8, 4) is 0 Å². The summed E-state index contributed by atoms with van der Waals surface area (Å²) in [7, 11) is -3.67. The molecule has 7 heteroatoms. The average Bonchev–Trinajstić information content (AvgIpc) is 2.53. The van der Waals surface area contributed by atoms with Gasteiger partial charge in [0.1, 0.15) is 5.82 Å². The van der Waals surface area contributed by atoms with Gasteiger partial charge >= 0.3 is 0 Å². The summed E-state index contributed by atoms with van der Waals surface area (Å²) in [5.41, 5.74) is 0.407. The number of benzene rings is 1. The second-order valence-electron chi connectivity index (χ2n) is 5.13. The van der Waals surface area contributed by atoms with Gasteiger partial charge in [0.15, 0.2) is 0 Å². The molecule has 1 aromatic heterocycles. The Morgan fingerprint density at radius 3 is 2.65 bits per heavy atom. The van der Waals surface area contributed by atoms with Crippen molar-refractivity contribution in [2.45, 2.75) is 31.1 Å². The first-order valence-corrected chi connectivity index (χ1v) is 9.35. The van der Waals surface area contributed by atoms with Crippen LogP contribution >= 0.6 is 11.6 Å². The van der Waals surface area contributed by atoms with Gasteiger partial charge in [0.25, 0.3) is 10.0 Å². The van der Waals surface area contributed by atoms with Crippen molar-refractivity contribution in [3.63, 3.8) is 0 Å². The van der Waals surface area contributed by atoms with Crippen molar-refractivity contribution in [3.05, 3.63) is 47.6 Å². The maximum absolute atomic E-state index is 12.3. The summed E-state index contributed by atoms with van der Waals surface area (Å²) in [6, 6.07) is 9.55. The lowest BCUT2D eigenvalue weighted by atomic mass is 10.2. The fourth-order valence-electron chi connectivity index (χ4n) is 2.00. The molecule has 0 fully saturated rings. The molecule has 0 aliphatic rings. The summed E-state index contributed by atoms with van der Waals surface area (Å²) in [5.74, 6) is 0.729. The van der Waals surface area contributed by atoms with E-state index in [1.807, 2.05) is 0 Å². The summed E-state index contributed by atoms with van der Waals surface area (Å²) < 4.78 is 27.0. The molecule has 2 aromatic rings. The molecule has 0 saturated heterocycles. The van der Waals surface area contributed by atoms with E-state index in [1.165, 1.54) is 31.2 Å². The zero-order chi connectivity index (χ0) is 16.7. The lowest BCUT2D eigenvalue weighted by Gasteiger charge is -2.09. The van der Waals surface area contributed by atoms with E-state index in [9.17, 15) is 8.42 Å². The van der Waals surface area contributed by atoms with Crippen LogP contribution in [0.2, 0.25) is 5.02 Å². The third-order valence-corrected chi connectivity index (χ3v) is 4.82. The minimum atomic E-state index is -3.67. The molecule has 2 N–H and O–H groups in total. The third-order valence-electron chi connectivity index (χ3n) is 3.21. The summed E-state index contributed by atoms with van der Waals surface area (Å²) in [4.78, 5) is 4.32. The van der Waals surface area contributed by atoms with Gasteiger partial charge in [0.2, 0.25) is 0 Å². The van der Waals surface area contributed by atoms with Crippen LogP contribution < -0.4 is 10.0 Å². The number of anilines is 2. The normalized spacial score (nSPS) is 11.2. The van der Waals surface area contributed by atoms with E-state index in [2.05, 4.69) is 21.9 Å². The van der Waals surface area contributed by atoms with Crippen LogP contribution in [0.3, 0.4) is 0 Å². The quantitative estimate of drug-likeness (QED) is 0.700. The van der Waals surface area contributed by atoms with Crippen molar-refractivity contribution in [2.24, 2.45) is 0 Å². The van der Waals surface area contributed by atoms with Gasteiger partial charge in [0, 0.05) is 11.6 Å². The number of sulfonamides is 1. The molecule has 0 atom stereocenters. The van der Waals surface area contributed by atoms with Crippen molar-refractivity contribution >= 4 is 33.1 Å². The first kappa shape index (κ1) is 17.6. The molecule has 2 rings (SSSR count). The van der Waals surface area contributed by atoms with Gasteiger partial charge in [-0.3, -0.25) is 4.72 Å². The predicted molar refractivity (Wildman–Crippen MR) is 94.5 cm³/mol. The molecule has 23 heavy (non-hydrogen) atoms. The Hall–Kier alpha value is -1.79. The Labute approximate surface area is 142 Å². The van der Waals surface area contributed by atoms with E-state index in [0.717, 1.165) is 18.8 Å². The summed E-state index contributed by atoms with van der Waals surface area (Å²) in [6.45, 7) is 3.01. The number of halogens is 1. The average molecular weight is 354 g/mol. The Balaban J connectivity index is 2.00. The largest absolute Gasteiger partial charge is 0.370 e. The molecule has 0 unspecified atom stereocenters. The third kappa shape index (κ3) is 5.41. The van der Waals surface area contributed by atoms with Crippen molar-refractivity contribution in [2.75, 3.05) is 16.6 Å². The summed E-state index contributed by atoms with van der Waals surface area (Å²) >= 11 is 5.83. The van der Waals surface area contributed by atoms with E-state index >= 15 is 0 Å². The molecule has 0 aliphatic heterocycles. The topological polar surface area (TPSA) is 71.1 Å². The van der Waals surface area contributed by atoms with Gasteiger partial charge < -0.3 is 5.32 Å². The highest BCUT2D eigenvalue weighted by Gasteiger charge is 2.14. The Morgan fingerprint density at radius 2 is 2.00 bits per heavy atom. The SMILES string of the molecule is CCCCCNc1ccc(NS(=O)(=O)c2cccc(Cl)c2)cn1. The summed E-state index contributed by atoms with van der Waals surface area (Å²) in [5, 5.41) is 3.58. The zero-order valence-corrected chi connectivity index (χ0v) is 14.5. The zero-order valence-electron chi connectivity index (χ0n) is 12.9. The molecule has 0 spiro atoms. The fourth-order valence-corrected chi connectivity index (χ4v) is 3.34. The molecular formula is C16H20ClN3O2S. The van der Waals surface area contributed by atoms with Crippen LogP contribution in [0.4, 0.5) is 11.5 Å². The number of hydrogen-bond donors (Lipinski definition) is 2. The number of pyridine rings is 1. The number of hydrogen-bond acceptors (Lipinski definition) is 4. The predicted octanol–water partition coefficient (Wildman–Crippen LogP) is 4.14. The highest BCUT2D eigenvalue weighted by Crippen LogP contribution is 2.19. The van der Waals surface area contributed by atoms with Crippen LogP contribution in [0, 0.1) is 0 Å². The highest BCUT2D eigenvalue weighted by atomic mass is 35.5. The van der Waals surface area contributed by atoms with Gasteiger partial charge in [-0.15, -0.1) is 0 Å². The monoisotopic (exact) mass is 353 g/mol. The standard InChI is InChI=1S/C16H20ClN3O2S/c1-2-3-4-10-18-16-9-8-14(12-19-16)20-23(21,22)15-7-5-6-13(17)11-15/h5-9,11-12,20H,2-4,10H2,1H3,(H,18,19). The van der Waals surface area contributed by atoms with E-state index < -0.39 is 10.0 Å². The van der Waals surface area contributed by atoms with E-state index in [1.54, 1.807) is 24.3 Å². The van der Waals surface area contributed by atoms with Crippen LogP contribution in [0.25, 0.3) is 0 Å². The fraction of sp³-hybridized carbons (Fsp3) is 0.312. The number of aromatic nitrogens is 1. The first-order valence-electron chi connectivity index (χ1n) is 7.49. The number of rotatable bonds is 8. The molecule has 0 saturated carbocycles. The number of nitrogens with zero attached hydrogens (tertiary/aromatic N) is 1. The van der Waals surface area contributed by atoms with Crippen molar-refractivity contribution in [1.82, 2.24) is 4.98 Å². The van der Waals surface area contributed by atoms with Gasteiger partial charge in [-0.05, 0) is 36.8 Å². The smallest absolute Gasteiger partial charge is 0.261 e. The van der Waals surface area contributed by atoms with E-state index in [-0.39, 0.29) is 4.90 Å². The second-order valence-corrected chi connectivity index (χ2v) is 7.25. The van der Waals surface area contributed by atoms with Crippen molar-refractivity contribution < 1.29 is 8.42 Å². The molecule has 124 valence electrons. The van der Waals surface area contributed by atoms with Gasteiger partial charge in [0.05, 0.1) is 16.8 Å². The van der Waals surface area contributed by atoms with Gasteiger partial charge in [-0.1, -0.05) is 37.4 Å². The van der Waals surface area contributed by atoms with Crippen LogP contribution in [-0.4, -0.2) is 19.9 Å². The molecule has 5 nitrogen and oxygen atoms in total. The van der Waals surface area contributed by atoms with Gasteiger partial charge in [-0.2, -0.15) is 0 Å². The van der Waals surface area contributed by atoms with Crippen LogP contribution in [0.1, 0.15) is 26.2 Å². The minimum absolute atomic E-state index is 0.117. The Kier molecular flexibility index (Phi) is 6.24. The van der Waals surface area contributed by atoms with E-state index in [4.69, 9.17) is 11.6 Å². The summed E-state index contributed by atoms with van der Waals surface area (Å²) in [6.07, 6.45) is 4.91. The van der Waals surface area contributed by atoms with Gasteiger partial charge in [-0.25, -0.2) is 13.4 Å². The minimum Gasteiger partial charge on any atom is -0.370 e. The highest BCUT2D eigenvalue weighted by molar-refractivity contribution is 7.92. The lowest BCUT2D eigenvalue weighted by molar-refractivity contribution is 0.601. The molecular weight excluding hydrogens is 334 g/mol.